The van der Waals surface area contributed by atoms with Crippen molar-refractivity contribution in [2.45, 2.75) is 17.3 Å². The molecule has 24 heavy (non-hydrogen) atoms. The third-order valence-corrected chi connectivity index (χ3v) is 5.98. The second-order valence-electron chi connectivity index (χ2n) is 4.84. The largest absolute Gasteiger partial charge is 0.419 e. The van der Waals surface area contributed by atoms with Crippen molar-refractivity contribution in [2.24, 2.45) is 0 Å². The van der Waals surface area contributed by atoms with Crippen LogP contribution in [0.15, 0.2) is 44.6 Å². The Labute approximate surface area is 149 Å². The Bertz CT molecular complexity index is 928. The second kappa shape index (κ2) is 6.38. The number of hydrogen-bond acceptors (Lipinski definition) is 9. The van der Waals surface area contributed by atoms with Crippen molar-refractivity contribution in [3.63, 3.8) is 0 Å². The number of thiophene rings is 2. The molecule has 0 aliphatic rings. The highest BCUT2D eigenvalue weighted by Gasteiger charge is 2.21. The van der Waals surface area contributed by atoms with E-state index >= 15 is 0 Å². The first-order chi connectivity index (χ1) is 11.7. The molecule has 0 bridgehead atoms. The van der Waals surface area contributed by atoms with E-state index < -0.39 is 0 Å². The van der Waals surface area contributed by atoms with Gasteiger partial charge >= 0.3 is 0 Å². The van der Waals surface area contributed by atoms with Gasteiger partial charge in [-0.1, -0.05) is 23.9 Å². The predicted molar refractivity (Wildman–Crippen MR) is 95.4 cm³/mol. The Balaban J connectivity index is 1.53. The maximum absolute atomic E-state index is 6.12. The Morgan fingerprint density at radius 1 is 1.08 bits per heavy atom. The van der Waals surface area contributed by atoms with Crippen LogP contribution in [0, 0.1) is 0 Å². The van der Waals surface area contributed by atoms with Gasteiger partial charge in [-0.2, -0.15) is 0 Å². The summed E-state index contributed by atoms with van der Waals surface area (Å²) >= 11 is 4.56. The Morgan fingerprint density at radius 3 is 2.54 bits per heavy atom. The normalized spacial score (nSPS) is 12.5. The fourth-order valence-corrected chi connectivity index (χ4v) is 4.19. The van der Waals surface area contributed by atoms with Gasteiger partial charge in [0.15, 0.2) is 5.82 Å². The molecule has 4 aromatic rings. The van der Waals surface area contributed by atoms with Gasteiger partial charge in [0, 0.05) is 0 Å². The van der Waals surface area contributed by atoms with E-state index in [1.54, 1.807) is 22.7 Å². The summed E-state index contributed by atoms with van der Waals surface area (Å²) in [4.78, 5) is 1.93. The van der Waals surface area contributed by atoms with Crippen LogP contribution in [0.4, 0.5) is 0 Å². The molecule has 1 atom stereocenters. The number of hydrogen-bond donors (Lipinski definition) is 1. The molecular weight excluding hydrogens is 364 g/mol. The van der Waals surface area contributed by atoms with Crippen LogP contribution < -0.4 is 5.84 Å². The van der Waals surface area contributed by atoms with Gasteiger partial charge in [-0.25, -0.2) is 4.68 Å². The number of nitrogens with zero attached hydrogens (tertiary/aromatic N) is 5. The van der Waals surface area contributed by atoms with E-state index in [9.17, 15) is 0 Å². The highest BCUT2D eigenvalue weighted by atomic mass is 32.2. The van der Waals surface area contributed by atoms with Crippen LogP contribution in [0.1, 0.15) is 18.1 Å². The number of nitrogens with two attached hydrogens (primary N) is 1. The summed E-state index contributed by atoms with van der Waals surface area (Å²) in [6.07, 6.45) is 0. The molecule has 0 spiro atoms. The van der Waals surface area contributed by atoms with Crippen LogP contribution in [0.3, 0.4) is 0 Å². The van der Waals surface area contributed by atoms with Gasteiger partial charge in [-0.15, -0.1) is 43.1 Å². The van der Waals surface area contributed by atoms with E-state index in [2.05, 4.69) is 20.4 Å². The molecule has 122 valence electrons. The van der Waals surface area contributed by atoms with E-state index in [1.807, 2.05) is 41.9 Å². The lowest BCUT2D eigenvalue weighted by Crippen LogP contribution is -2.11. The zero-order valence-electron chi connectivity index (χ0n) is 12.5. The molecule has 7 nitrogen and oxygen atoms in total. The van der Waals surface area contributed by atoms with Gasteiger partial charge < -0.3 is 10.3 Å². The third-order valence-electron chi connectivity index (χ3n) is 3.21. The fourth-order valence-electron chi connectivity index (χ4n) is 2.04. The molecule has 10 heteroatoms. The standard InChI is InChI=1S/C14H12N6OS3/c1-8(12-17-18-13(21-12)10-5-3-7-23-10)24-14-19-16-11(20(14)15)9-4-2-6-22-9/h2-8H,15H2,1H3/t8-/m1/s1. The molecule has 0 fully saturated rings. The van der Waals surface area contributed by atoms with Gasteiger partial charge in [0.2, 0.25) is 11.0 Å². The molecule has 0 aromatic carbocycles. The van der Waals surface area contributed by atoms with Crippen molar-refractivity contribution in [3.8, 4) is 21.5 Å². The fraction of sp³-hybridized carbons (Fsp3) is 0.143. The van der Waals surface area contributed by atoms with Crippen molar-refractivity contribution in [3.05, 3.63) is 40.9 Å². The molecule has 0 saturated carbocycles. The number of rotatable bonds is 5. The third kappa shape index (κ3) is 2.83. The molecule has 0 unspecified atom stereocenters. The summed E-state index contributed by atoms with van der Waals surface area (Å²) in [5.41, 5.74) is 0. The van der Waals surface area contributed by atoms with Crippen LogP contribution in [0.25, 0.3) is 21.5 Å². The first-order valence-corrected chi connectivity index (χ1v) is 9.64. The topological polar surface area (TPSA) is 95.7 Å². The molecule has 0 saturated heterocycles. The molecule has 0 amide bonds. The van der Waals surface area contributed by atoms with Crippen LogP contribution in [-0.4, -0.2) is 25.1 Å². The number of nitrogen functional groups attached to an aromatic ring is 1. The van der Waals surface area contributed by atoms with Gasteiger partial charge in [0.25, 0.3) is 5.89 Å². The Kier molecular flexibility index (Phi) is 4.08. The zero-order valence-corrected chi connectivity index (χ0v) is 14.9. The highest BCUT2D eigenvalue weighted by Crippen LogP contribution is 2.35. The van der Waals surface area contributed by atoms with E-state index in [-0.39, 0.29) is 5.25 Å². The average Bonchev–Trinajstić information content (AvgIpc) is 3.36. The minimum atomic E-state index is -0.0890. The van der Waals surface area contributed by atoms with Crippen LogP contribution in [0.5, 0.6) is 0 Å². The lowest BCUT2D eigenvalue weighted by Gasteiger charge is -2.06. The summed E-state index contributed by atoms with van der Waals surface area (Å²) in [5.74, 6) is 7.82. The monoisotopic (exact) mass is 376 g/mol. The smallest absolute Gasteiger partial charge is 0.257 e. The van der Waals surface area contributed by atoms with Crippen molar-refractivity contribution < 1.29 is 4.42 Å². The summed E-state index contributed by atoms with van der Waals surface area (Å²) in [6, 6.07) is 7.81. The van der Waals surface area contributed by atoms with Crippen LogP contribution in [-0.2, 0) is 0 Å². The number of aromatic nitrogens is 5. The van der Waals surface area contributed by atoms with Crippen LogP contribution in [0.2, 0.25) is 0 Å². The van der Waals surface area contributed by atoms with E-state index in [4.69, 9.17) is 10.3 Å². The minimum absolute atomic E-state index is 0.0890. The van der Waals surface area contributed by atoms with Gasteiger partial charge in [0.05, 0.1) is 15.0 Å². The lowest BCUT2D eigenvalue weighted by molar-refractivity contribution is 0.510. The van der Waals surface area contributed by atoms with Crippen LogP contribution >= 0.6 is 34.4 Å². The summed E-state index contributed by atoms with van der Waals surface area (Å²) < 4.78 is 7.24. The van der Waals surface area contributed by atoms with Crippen molar-refractivity contribution >= 4 is 34.4 Å². The maximum Gasteiger partial charge on any atom is 0.257 e. The molecule has 0 aliphatic heterocycles. The molecular formula is C14H12N6OS3. The molecule has 4 heterocycles. The van der Waals surface area contributed by atoms with E-state index in [1.165, 1.54) is 16.4 Å². The van der Waals surface area contributed by atoms with Gasteiger partial charge in [-0.05, 0) is 29.8 Å². The minimum Gasteiger partial charge on any atom is -0.419 e. The Morgan fingerprint density at radius 2 is 1.83 bits per heavy atom. The summed E-state index contributed by atoms with van der Waals surface area (Å²) in [5, 5.41) is 21.0. The average molecular weight is 376 g/mol. The van der Waals surface area contributed by atoms with Gasteiger partial charge in [0.1, 0.15) is 0 Å². The highest BCUT2D eigenvalue weighted by molar-refractivity contribution is 7.99. The first kappa shape index (κ1) is 15.4. The van der Waals surface area contributed by atoms with Crippen molar-refractivity contribution in [1.29, 1.82) is 0 Å². The zero-order chi connectivity index (χ0) is 16.5. The molecule has 4 rings (SSSR count). The SMILES string of the molecule is C[C@@H](Sc1nnc(-c2cccs2)n1N)c1nnc(-c2cccs2)o1. The number of thioether (sulfide) groups is 1. The predicted octanol–water partition coefficient (Wildman–Crippen LogP) is 3.69. The lowest BCUT2D eigenvalue weighted by atomic mass is 10.4. The van der Waals surface area contributed by atoms with Crippen molar-refractivity contribution in [1.82, 2.24) is 25.1 Å². The molecule has 4 aromatic heterocycles. The van der Waals surface area contributed by atoms with Gasteiger partial charge in [-0.3, -0.25) is 0 Å². The molecule has 2 N–H and O–H groups in total. The maximum atomic E-state index is 6.12. The summed E-state index contributed by atoms with van der Waals surface area (Å²) in [7, 11) is 0. The molecule has 0 aliphatic carbocycles. The van der Waals surface area contributed by atoms with E-state index in [0.717, 1.165) is 9.75 Å². The van der Waals surface area contributed by atoms with Crippen molar-refractivity contribution in [2.75, 3.05) is 5.84 Å². The Hall–Kier alpha value is -2.17. The molecule has 0 radical (unpaired) electrons. The first-order valence-electron chi connectivity index (χ1n) is 7.00. The quantitative estimate of drug-likeness (QED) is 0.419. The second-order valence-corrected chi connectivity index (χ2v) is 8.04. The van der Waals surface area contributed by atoms with E-state index in [0.29, 0.717) is 22.8 Å². The summed E-state index contributed by atoms with van der Waals surface area (Å²) in [6.45, 7) is 1.97.